The third-order valence-corrected chi connectivity index (χ3v) is 3.44. The van der Waals surface area contributed by atoms with Crippen molar-refractivity contribution in [3.05, 3.63) is 63.9 Å². The van der Waals surface area contributed by atoms with Gasteiger partial charge in [0.05, 0.1) is 5.56 Å². The Bertz CT molecular complexity index is 658. The van der Waals surface area contributed by atoms with Gasteiger partial charge in [-0.2, -0.15) is 0 Å². The number of carbonyl (C=O) groups is 1. The molecule has 5 heteroatoms. The lowest BCUT2D eigenvalue weighted by atomic mass is 10.1. The number of nitrogens with one attached hydrogen (secondary N) is 1. The average Bonchev–Trinajstić information content (AvgIpc) is 2.41. The molecule has 0 fully saturated rings. The van der Waals surface area contributed by atoms with E-state index in [-0.39, 0.29) is 12.1 Å². The SMILES string of the molecule is Cc1c(Cl)cccc1NCc1cc(C(=O)O)ccc1F. The van der Waals surface area contributed by atoms with Crippen molar-refractivity contribution in [1.29, 1.82) is 0 Å². The Labute approximate surface area is 121 Å². The highest BCUT2D eigenvalue weighted by molar-refractivity contribution is 6.31. The molecule has 0 saturated heterocycles. The van der Waals surface area contributed by atoms with Gasteiger partial charge < -0.3 is 10.4 Å². The third kappa shape index (κ3) is 3.08. The number of carboxylic acid groups (broad SMARTS) is 1. The molecule has 2 aromatic rings. The summed E-state index contributed by atoms with van der Waals surface area (Å²) in [6, 6.07) is 9.12. The van der Waals surface area contributed by atoms with Crippen LogP contribution in [0, 0.1) is 12.7 Å². The van der Waals surface area contributed by atoms with E-state index in [1.807, 2.05) is 13.0 Å². The number of hydrogen-bond donors (Lipinski definition) is 2. The Morgan fingerprint density at radius 2 is 2.10 bits per heavy atom. The predicted molar refractivity (Wildman–Crippen MR) is 76.9 cm³/mol. The molecule has 0 aliphatic heterocycles. The van der Waals surface area contributed by atoms with Gasteiger partial charge in [0.1, 0.15) is 5.82 Å². The first-order chi connectivity index (χ1) is 9.49. The Morgan fingerprint density at radius 1 is 1.35 bits per heavy atom. The molecule has 0 aromatic heterocycles. The number of aromatic carboxylic acids is 1. The maximum atomic E-state index is 13.7. The van der Waals surface area contributed by atoms with Gasteiger partial charge in [0.2, 0.25) is 0 Å². The van der Waals surface area contributed by atoms with Gasteiger partial charge >= 0.3 is 5.97 Å². The van der Waals surface area contributed by atoms with Crippen molar-refractivity contribution in [3.8, 4) is 0 Å². The van der Waals surface area contributed by atoms with Gasteiger partial charge in [-0.25, -0.2) is 9.18 Å². The van der Waals surface area contributed by atoms with Crippen LogP contribution in [-0.4, -0.2) is 11.1 Å². The molecular formula is C15H13ClFNO2. The lowest BCUT2D eigenvalue weighted by Gasteiger charge is -2.11. The highest BCUT2D eigenvalue weighted by Gasteiger charge is 2.09. The summed E-state index contributed by atoms with van der Waals surface area (Å²) in [7, 11) is 0. The van der Waals surface area contributed by atoms with Gasteiger partial charge in [-0.05, 0) is 42.8 Å². The fraction of sp³-hybridized carbons (Fsp3) is 0.133. The van der Waals surface area contributed by atoms with Crippen LogP contribution in [0.2, 0.25) is 5.02 Å². The molecule has 0 aliphatic carbocycles. The summed E-state index contributed by atoms with van der Waals surface area (Å²) in [5.41, 5.74) is 2.01. The molecule has 0 atom stereocenters. The topological polar surface area (TPSA) is 49.3 Å². The van der Waals surface area contributed by atoms with Crippen molar-refractivity contribution in [3.63, 3.8) is 0 Å². The van der Waals surface area contributed by atoms with Gasteiger partial charge in [0, 0.05) is 22.8 Å². The van der Waals surface area contributed by atoms with E-state index in [0.29, 0.717) is 10.6 Å². The van der Waals surface area contributed by atoms with Crippen molar-refractivity contribution in [2.24, 2.45) is 0 Å². The lowest BCUT2D eigenvalue weighted by Crippen LogP contribution is -2.05. The van der Waals surface area contributed by atoms with Crippen LogP contribution in [0.1, 0.15) is 21.5 Å². The van der Waals surface area contributed by atoms with Crippen molar-refractivity contribution in [2.45, 2.75) is 13.5 Å². The standard InChI is InChI=1S/C15H13ClFNO2/c1-9-12(16)3-2-4-14(9)18-8-11-7-10(15(19)20)5-6-13(11)17/h2-7,18H,8H2,1H3,(H,19,20). The monoisotopic (exact) mass is 293 g/mol. The van der Waals surface area contributed by atoms with E-state index in [0.717, 1.165) is 17.3 Å². The van der Waals surface area contributed by atoms with E-state index in [4.69, 9.17) is 16.7 Å². The second kappa shape index (κ2) is 5.92. The van der Waals surface area contributed by atoms with Gasteiger partial charge in [-0.1, -0.05) is 17.7 Å². The summed E-state index contributed by atoms with van der Waals surface area (Å²) in [5.74, 6) is -1.52. The molecule has 0 spiro atoms. The Balaban J connectivity index is 2.20. The van der Waals surface area contributed by atoms with Gasteiger partial charge in [-0.3, -0.25) is 0 Å². The van der Waals surface area contributed by atoms with Crippen molar-refractivity contribution < 1.29 is 14.3 Å². The maximum absolute atomic E-state index is 13.7. The second-order valence-corrected chi connectivity index (χ2v) is 4.78. The Hall–Kier alpha value is -2.07. The van der Waals surface area contributed by atoms with Crippen molar-refractivity contribution in [2.75, 3.05) is 5.32 Å². The van der Waals surface area contributed by atoms with Crippen LogP contribution < -0.4 is 5.32 Å². The average molecular weight is 294 g/mol. The summed E-state index contributed by atoms with van der Waals surface area (Å²) >= 11 is 6.00. The fourth-order valence-corrected chi connectivity index (χ4v) is 2.01. The minimum Gasteiger partial charge on any atom is -0.478 e. The molecule has 104 valence electrons. The minimum absolute atomic E-state index is 0.0611. The van der Waals surface area contributed by atoms with E-state index in [1.54, 1.807) is 12.1 Å². The van der Waals surface area contributed by atoms with E-state index < -0.39 is 11.8 Å². The number of halogens is 2. The fourth-order valence-electron chi connectivity index (χ4n) is 1.83. The molecule has 2 N–H and O–H groups in total. The molecule has 2 rings (SSSR count). The molecule has 3 nitrogen and oxygen atoms in total. The van der Waals surface area contributed by atoms with Gasteiger partial charge in [0.25, 0.3) is 0 Å². The summed E-state index contributed by atoms with van der Waals surface area (Å²) < 4.78 is 13.7. The van der Waals surface area contributed by atoms with Crippen LogP contribution in [0.3, 0.4) is 0 Å². The van der Waals surface area contributed by atoms with Crippen LogP contribution in [-0.2, 0) is 6.54 Å². The highest BCUT2D eigenvalue weighted by Crippen LogP contribution is 2.23. The Kier molecular flexibility index (Phi) is 4.25. The molecule has 2 aromatic carbocycles. The van der Waals surface area contributed by atoms with E-state index in [1.165, 1.54) is 12.1 Å². The van der Waals surface area contributed by atoms with Crippen LogP contribution >= 0.6 is 11.6 Å². The van der Waals surface area contributed by atoms with E-state index >= 15 is 0 Å². The summed E-state index contributed by atoms with van der Waals surface area (Å²) in [5, 5.41) is 12.6. The number of benzene rings is 2. The van der Waals surface area contributed by atoms with Gasteiger partial charge in [0.15, 0.2) is 0 Å². The number of hydrogen-bond acceptors (Lipinski definition) is 2. The second-order valence-electron chi connectivity index (χ2n) is 4.38. The highest BCUT2D eigenvalue weighted by atomic mass is 35.5. The molecule has 0 saturated carbocycles. The predicted octanol–water partition coefficient (Wildman–Crippen LogP) is 4.10. The molecular weight excluding hydrogens is 281 g/mol. The lowest BCUT2D eigenvalue weighted by molar-refractivity contribution is 0.0696. The number of anilines is 1. The van der Waals surface area contributed by atoms with Crippen LogP contribution in [0.25, 0.3) is 0 Å². The van der Waals surface area contributed by atoms with Crippen LogP contribution in [0.5, 0.6) is 0 Å². The van der Waals surface area contributed by atoms with Crippen LogP contribution in [0.4, 0.5) is 10.1 Å². The summed E-state index contributed by atoms with van der Waals surface area (Å²) in [6.45, 7) is 2.04. The van der Waals surface area contributed by atoms with Crippen molar-refractivity contribution >= 4 is 23.3 Å². The third-order valence-electron chi connectivity index (χ3n) is 3.03. The number of rotatable bonds is 4. The largest absolute Gasteiger partial charge is 0.478 e. The molecule has 0 unspecified atom stereocenters. The molecule has 20 heavy (non-hydrogen) atoms. The summed E-state index contributed by atoms with van der Waals surface area (Å²) in [4.78, 5) is 10.9. The first kappa shape index (κ1) is 14.3. The van der Waals surface area contributed by atoms with Crippen LogP contribution in [0.15, 0.2) is 36.4 Å². The molecule has 0 amide bonds. The zero-order valence-electron chi connectivity index (χ0n) is 10.8. The minimum atomic E-state index is -1.08. The summed E-state index contributed by atoms with van der Waals surface area (Å²) in [6.07, 6.45) is 0. The zero-order valence-corrected chi connectivity index (χ0v) is 11.5. The van der Waals surface area contributed by atoms with E-state index in [9.17, 15) is 9.18 Å². The van der Waals surface area contributed by atoms with E-state index in [2.05, 4.69) is 5.32 Å². The quantitative estimate of drug-likeness (QED) is 0.892. The molecule has 0 bridgehead atoms. The number of carboxylic acids is 1. The Morgan fingerprint density at radius 3 is 2.80 bits per heavy atom. The molecule has 0 radical (unpaired) electrons. The van der Waals surface area contributed by atoms with Crippen molar-refractivity contribution in [1.82, 2.24) is 0 Å². The normalized spacial score (nSPS) is 10.3. The zero-order chi connectivity index (χ0) is 14.7. The molecule has 0 aliphatic rings. The molecule has 0 heterocycles. The maximum Gasteiger partial charge on any atom is 0.335 e. The first-order valence-electron chi connectivity index (χ1n) is 5.99. The first-order valence-corrected chi connectivity index (χ1v) is 6.37. The smallest absolute Gasteiger partial charge is 0.335 e. The van der Waals surface area contributed by atoms with Gasteiger partial charge in [-0.15, -0.1) is 0 Å².